The molecule has 5 nitrogen and oxygen atoms in total. The number of hydrogen-bond acceptors (Lipinski definition) is 4. The molecule has 1 unspecified atom stereocenters. The molecule has 0 saturated carbocycles. The second kappa shape index (κ2) is 7.19. The minimum Gasteiger partial charge on any atom is -0.380 e. The molecule has 0 bridgehead atoms. The minimum atomic E-state index is -3.56. The maximum atomic E-state index is 12.6. The standard InChI is InChI=1S/C14H21BrN2O3S/c1-10-6-11(8-16-2)7-13(14(10)15)21(18,19)17-12-4-3-5-20-9-12/h6-7,12,16-17H,3-5,8-9H2,1-2H3. The fourth-order valence-corrected chi connectivity index (χ4v) is 4.75. The molecule has 21 heavy (non-hydrogen) atoms. The molecule has 2 N–H and O–H groups in total. The number of halogens is 1. The molecule has 2 rings (SSSR count). The molecule has 0 amide bonds. The van der Waals surface area contributed by atoms with Crippen LogP contribution in [0.2, 0.25) is 0 Å². The van der Waals surface area contributed by atoms with Crippen molar-refractivity contribution < 1.29 is 13.2 Å². The van der Waals surface area contributed by atoms with E-state index < -0.39 is 10.0 Å². The lowest BCUT2D eigenvalue weighted by Crippen LogP contribution is -2.40. The maximum absolute atomic E-state index is 12.6. The smallest absolute Gasteiger partial charge is 0.242 e. The van der Waals surface area contributed by atoms with E-state index in [-0.39, 0.29) is 6.04 Å². The average Bonchev–Trinajstić information content (AvgIpc) is 2.43. The van der Waals surface area contributed by atoms with Gasteiger partial charge in [0.2, 0.25) is 10.0 Å². The third-order valence-electron chi connectivity index (χ3n) is 3.43. The van der Waals surface area contributed by atoms with Gasteiger partial charge in [0.1, 0.15) is 0 Å². The van der Waals surface area contributed by atoms with Crippen molar-refractivity contribution in [2.24, 2.45) is 0 Å². The van der Waals surface area contributed by atoms with Crippen LogP contribution in [0.4, 0.5) is 0 Å². The van der Waals surface area contributed by atoms with E-state index in [1.165, 1.54) is 0 Å². The van der Waals surface area contributed by atoms with Crippen LogP contribution < -0.4 is 10.0 Å². The molecule has 1 atom stereocenters. The average molecular weight is 377 g/mol. The summed E-state index contributed by atoms with van der Waals surface area (Å²) in [4.78, 5) is 0.290. The van der Waals surface area contributed by atoms with Crippen LogP contribution in [0.5, 0.6) is 0 Å². The Kier molecular flexibility index (Phi) is 5.79. The van der Waals surface area contributed by atoms with Gasteiger partial charge in [-0.15, -0.1) is 0 Å². The van der Waals surface area contributed by atoms with Gasteiger partial charge in [-0.1, -0.05) is 6.07 Å². The van der Waals surface area contributed by atoms with Crippen LogP contribution in [0.15, 0.2) is 21.5 Å². The van der Waals surface area contributed by atoms with E-state index in [1.807, 2.05) is 20.0 Å². The van der Waals surface area contributed by atoms with Crippen molar-refractivity contribution in [2.45, 2.75) is 37.2 Å². The molecule has 1 fully saturated rings. The summed E-state index contributed by atoms with van der Waals surface area (Å²) >= 11 is 3.40. The molecule has 0 spiro atoms. The van der Waals surface area contributed by atoms with Gasteiger partial charge < -0.3 is 10.1 Å². The highest BCUT2D eigenvalue weighted by atomic mass is 79.9. The molecule has 0 aliphatic carbocycles. The number of aryl methyl sites for hydroxylation is 1. The highest BCUT2D eigenvalue weighted by molar-refractivity contribution is 9.10. The Morgan fingerprint density at radius 2 is 2.19 bits per heavy atom. The Hall–Kier alpha value is -0.470. The predicted octanol–water partition coefficient (Wildman–Crippen LogP) is 1.93. The lowest BCUT2D eigenvalue weighted by molar-refractivity contribution is 0.0774. The van der Waals surface area contributed by atoms with Gasteiger partial charge in [0.05, 0.1) is 11.5 Å². The Balaban J connectivity index is 2.29. The van der Waals surface area contributed by atoms with E-state index in [0.717, 1.165) is 24.0 Å². The SMILES string of the molecule is CNCc1cc(C)c(Br)c(S(=O)(=O)NC2CCCOC2)c1. The molecule has 1 aliphatic rings. The third kappa shape index (κ3) is 4.26. The zero-order chi connectivity index (χ0) is 15.5. The largest absolute Gasteiger partial charge is 0.380 e. The maximum Gasteiger partial charge on any atom is 0.242 e. The zero-order valence-corrected chi connectivity index (χ0v) is 14.7. The van der Waals surface area contributed by atoms with E-state index >= 15 is 0 Å². The van der Waals surface area contributed by atoms with E-state index in [4.69, 9.17) is 4.74 Å². The van der Waals surface area contributed by atoms with Crippen molar-refractivity contribution in [1.29, 1.82) is 0 Å². The van der Waals surface area contributed by atoms with Crippen LogP contribution in [0.25, 0.3) is 0 Å². The van der Waals surface area contributed by atoms with E-state index in [2.05, 4.69) is 26.0 Å². The second-order valence-corrected chi connectivity index (χ2v) is 7.77. The summed E-state index contributed by atoms with van der Waals surface area (Å²) in [5, 5.41) is 3.04. The second-order valence-electron chi connectivity index (χ2n) is 5.29. The lowest BCUT2D eigenvalue weighted by atomic mass is 10.1. The van der Waals surface area contributed by atoms with Crippen LogP contribution in [0, 0.1) is 6.92 Å². The number of ether oxygens (including phenoxy) is 1. The van der Waals surface area contributed by atoms with Crippen LogP contribution in [-0.2, 0) is 21.3 Å². The number of benzene rings is 1. The van der Waals surface area contributed by atoms with Gasteiger partial charge in [-0.2, -0.15) is 0 Å². The van der Waals surface area contributed by atoms with E-state index in [0.29, 0.717) is 29.1 Å². The number of hydrogen-bond donors (Lipinski definition) is 2. The van der Waals surface area contributed by atoms with Crippen LogP contribution >= 0.6 is 15.9 Å². The molecule has 118 valence electrons. The first-order chi connectivity index (χ1) is 9.94. The van der Waals surface area contributed by atoms with Gasteiger partial charge >= 0.3 is 0 Å². The van der Waals surface area contributed by atoms with Gasteiger partial charge in [-0.05, 0) is 59.9 Å². The van der Waals surface area contributed by atoms with Crippen molar-refractivity contribution in [1.82, 2.24) is 10.0 Å². The van der Waals surface area contributed by atoms with Crippen LogP contribution in [0.3, 0.4) is 0 Å². The van der Waals surface area contributed by atoms with Crippen molar-refractivity contribution in [3.05, 3.63) is 27.7 Å². The molecule has 1 aromatic carbocycles. The molecule has 1 heterocycles. The lowest BCUT2D eigenvalue weighted by Gasteiger charge is -2.23. The highest BCUT2D eigenvalue weighted by Crippen LogP contribution is 2.28. The van der Waals surface area contributed by atoms with E-state index in [9.17, 15) is 8.42 Å². The summed E-state index contributed by atoms with van der Waals surface area (Å²) in [6.07, 6.45) is 1.69. The van der Waals surface area contributed by atoms with Gasteiger partial charge in [0.25, 0.3) is 0 Å². The molecular weight excluding hydrogens is 356 g/mol. The topological polar surface area (TPSA) is 67.4 Å². The normalized spacial score (nSPS) is 19.7. The van der Waals surface area contributed by atoms with Crippen molar-refractivity contribution in [3.8, 4) is 0 Å². The highest BCUT2D eigenvalue weighted by Gasteiger charge is 2.25. The summed E-state index contributed by atoms with van der Waals surface area (Å²) in [5.41, 5.74) is 1.85. The van der Waals surface area contributed by atoms with Crippen LogP contribution in [-0.4, -0.2) is 34.7 Å². The first-order valence-electron chi connectivity index (χ1n) is 6.97. The Bertz CT molecular complexity index is 598. The molecule has 0 radical (unpaired) electrons. The summed E-state index contributed by atoms with van der Waals surface area (Å²) in [6.45, 7) is 3.67. The zero-order valence-electron chi connectivity index (χ0n) is 12.3. The van der Waals surface area contributed by atoms with Gasteiger partial charge in [0.15, 0.2) is 0 Å². The van der Waals surface area contributed by atoms with E-state index in [1.54, 1.807) is 6.07 Å². The molecule has 1 saturated heterocycles. The third-order valence-corrected chi connectivity index (χ3v) is 6.29. The van der Waals surface area contributed by atoms with Crippen LogP contribution in [0.1, 0.15) is 24.0 Å². The first-order valence-corrected chi connectivity index (χ1v) is 9.25. The Morgan fingerprint density at radius 3 is 2.81 bits per heavy atom. The number of rotatable bonds is 5. The molecule has 1 aliphatic heterocycles. The van der Waals surface area contributed by atoms with Gasteiger partial charge in [-0.3, -0.25) is 0 Å². The van der Waals surface area contributed by atoms with Gasteiger partial charge in [-0.25, -0.2) is 13.1 Å². The first kappa shape index (κ1) is 16.9. The summed E-state index contributed by atoms with van der Waals surface area (Å²) < 4.78 is 33.9. The number of nitrogens with one attached hydrogen (secondary N) is 2. The summed E-state index contributed by atoms with van der Waals surface area (Å²) in [5.74, 6) is 0. The fraction of sp³-hybridized carbons (Fsp3) is 0.571. The quantitative estimate of drug-likeness (QED) is 0.823. The monoisotopic (exact) mass is 376 g/mol. The molecule has 7 heteroatoms. The fourth-order valence-electron chi connectivity index (χ4n) is 2.43. The molecular formula is C14H21BrN2O3S. The molecule has 0 aromatic heterocycles. The van der Waals surface area contributed by atoms with Crippen molar-refractivity contribution in [2.75, 3.05) is 20.3 Å². The predicted molar refractivity (Wildman–Crippen MR) is 85.8 cm³/mol. The van der Waals surface area contributed by atoms with Gasteiger partial charge in [0, 0.05) is 23.7 Å². The number of sulfonamides is 1. The Morgan fingerprint density at radius 1 is 1.43 bits per heavy atom. The molecule has 1 aromatic rings. The van der Waals surface area contributed by atoms with Crippen molar-refractivity contribution in [3.63, 3.8) is 0 Å². The summed E-state index contributed by atoms with van der Waals surface area (Å²) in [6, 6.07) is 3.53. The van der Waals surface area contributed by atoms with Crippen molar-refractivity contribution >= 4 is 26.0 Å². The Labute approximate surface area is 134 Å². The summed E-state index contributed by atoms with van der Waals surface area (Å²) in [7, 11) is -1.72. The minimum absolute atomic E-state index is 0.149.